The summed E-state index contributed by atoms with van der Waals surface area (Å²) in [6.07, 6.45) is 0. The molecular weight excluding hydrogens is 273 g/mol. The molecule has 1 atom stereocenters. The van der Waals surface area contributed by atoms with Crippen molar-refractivity contribution in [2.24, 2.45) is 0 Å². The Hall–Kier alpha value is 3.47. The Kier molecular flexibility index (Phi) is 22.9. The topological polar surface area (TPSA) is 37.3 Å². The Balaban J connectivity index is -0.000000125. The molecule has 0 aliphatic rings. The van der Waals surface area contributed by atoms with Crippen molar-refractivity contribution in [2.45, 2.75) is 10.8 Å². The van der Waals surface area contributed by atoms with Gasteiger partial charge in [0.1, 0.15) is 3.92 Å². The maximum absolute atomic E-state index is 9.69. The number of hydrogen-bond acceptors (Lipinski definition) is 1. The summed E-state index contributed by atoms with van der Waals surface area (Å²) in [6, 6.07) is 0. The Labute approximate surface area is 148 Å². The van der Waals surface area contributed by atoms with Crippen LogP contribution in [0.25, 0.3) is 0 Å². The van der Waals surface area contributed by atoms with E-state index in [0.29, 0.717) is 0 Å². The van der Waals surface area contributed by atoms with E-state index in [1.807, 2.05) is 22.6 Å². The molecule has 0 amide bonds. The second-order valence-corrected chi connectivity index (χ2v) is 2.82. The molecule has 0 fully saturated rings. The van der Waals surface area contributed by atoms with E-state index in [1.54, 1.807) is 6.92 Å². The van der Waals surface area contributed by atoms with Crippen molar-refractivity contribution in [3.8, 4) is 0 Å². The first kappa shape index (κ1) is 17.5. The number of rotatable bonds is 1. The molecule has 1 unspecified atom stereocenters. The third-order valence-corrected chi connectivity index (χ3v) is 0.873. The maximum atomic E-state index is 9.69. The number of alkyl halides is 1. The summed E-state index contributed by atoms with van der Waals surface area (Å²) in [5.41, 5.74) is 0. The van der Waals surface area contributed by atoms with E-state index >= 15 is 0 Å². The molecule has 0 aromatic heterocycles. The Bertz CT molecular complexity index is 66.3. The summed E-state index contributed by atoms with van der Waals surface area (Å²) in [5.74, 6) is -0.754. The van der Waals surface area contributed by atoms with Crippen LogP contribution in [-0.2, 0) is 4.79 Å². The van der Waals surface area contributed by atoms with E-state index in [2.05, 4.69) is 0 Å². The van der Waals surface area contributed by atoms with Gasteiger partial charge in [-0.3, -0.25) is 4.79 Å². The molecule has 40 valence electrons. The van der Waals surface area contributed by atoms with Crippen LogP contribution >= 0.6 is 22.6 Å². The predicted molar refractivity (Wildman–Crippen MR) is 45.4 cm³/mol. The van der Waals surface area contributed by atoms with E-state index in [1.165, 1.54) is 0 Å². The van der Waals surface area contributed by atoms with Gasteiger partial charge in [0.2, 0.25) is 0 Å². The summed E-state index contributed by atoms with van der Waals surface area (Å²) < 4.78 is -0.261. The molecule has 0 aliphatic heterocycles. The Morgan fingerprint density at radius 3 is 1.75 bits per heavy atom. The van der Waals surface area contributed by atoms with Crippen molar-refractivity contribution in [3.63, 3.8) is 0 Å². The molecule has 8 heavy (non-hydrogen) atoms. The van der Waals surface area contributed by atoms with Gasteiger partial charge < -0.3 is 5.11 Å². The average Bonchev–Trinajstić information content (AvgIpc) is 1.36. The van der Waals surface area contributed by atoms with Gasteiger partial charge in [0.05, 0.1) is 0 Å². The van der Waals surface area contributed by atoms with Crippen molar-refractivity contribution in [1.29, 1.82) is 0 Å². The molecule has 5 heteroatoms. The van der Waals surface area contributed by atoms with Gasteiger partial charge in [-0.15, -0.1) is 0 Å². The quantitative estimate of drug-likeness (QED) is 0.403. The van der Waals surface area contributed by atoms with Crippen LogP contribution in [0.3, 0.4) is 0 Å². The van der Waals surface area contributed by atoms with Crippen molar-refractivity contribution in [2.75, 3.05) is 0 Å². The molecule has 0 rings (SSSR count). The number of hydrogen-bond donors (Lipinski definition) is 1. The van der Waals surface area contributed by atoms with Crippen LogP contribution in [0.15, 0.2) is 0 Å². The second kappa shape index (κ2) is 10.5. The van der Waals surface area contributed by atoms with Gasteiger partial charge >= 0.3 is 109 Å². The first-order chi connectivity index (χ1) is 2.64. The number of carboxylic acids is 1. The van der Waals surface area contributed by atoms with E-state index in [4.69, 9.17) is 5.11 Å². The molecular formula is C3H7IK2O2. The molecule has 0 radical (unpaired) electrons. The standard InChI is InChI=1S/C3H5IO2.2K.2H/c1-2(4)3(5)6;;;;/h2H,1H3,(H,5,6);;;;. The summed E-state index contributed by atoms with van der Waals surface area (Å²) in [5, 5.41) is 7.98. The molecule has 0 saturated carbocycles. The van der Waals surface area contributed by atoms with E-state index in [9.17, 15) is 4.79 Å². The zero-order chi connectivity index (χ0) is 5.15. The van der Waals surface area contributed by atoms with Crippen molar-refractivity contribution in [1.82, 2.24) is 0 Å². The summed E-state index contributed by atoms with van der Waals surface area (Å²) in [7, 11) is 0. The first-order valence-corrected chi connectivity index (χ1v) is 2.76. The van der Waals surface area contributed by atoms with Crippen molar-refractivity contribution >= 4 is 131 Å². The van der Waals surface area contributed by atoms with Gasteiger partial charge in [-0.05, 0) is 6.92 Å². The summed E-state index contributed by atoms with van der Waals surface area (Å²) >= 11 is 1.83. The number of carboxylic acid groups (broad SMARTS) is 1. The van der Waals surface area contributed by atoms with E-state index in [-0.39, 0.29) is 107 Å². The minimum absolute atomic E-state index is 0. The number of halogens is 1. The molecule has 0 heterocycles. The molecule has 0 aromatic rings. The van der Waals surface area contributed by atoms with Crippen molar-refractivity contribution in [3.05, 3.63) is 0 Å². The van der Waals surface area contributed by atoms with Crippen molar-refractivity contribution < 1.29 is 9.90 Å². The molecule has 0 bridgehead atoms. The molecule has 0 saturated heterocycles. The molecule has 1 N–H and O–H groups in total. The SMILES string of the molecule is CC(I)C(=O)O.[KH].[KH]. The fourth-order valence-corrected chi connectivity index (χ4v) is 0. The predicted octanol–water partition coefficient (Wildman–Crippen LogP) is -0.403. The summed E-state index contributed by atoms with van der Waals surface area (Å²) in [6.45, 7) is 1.63. The van der Waals surface area contributed by atoms with E-state index < -0.39 is 5.97 Å². The molecule has 2 nitrogen and oxygen atoms in total. The fourth-order valence-electron chi connectivity index (χ4n) is 0. The van der Waals surface area contributed by atoms with Crippen LogP contribution in [-0.4, -0.2) is 118 Å². The number of carbonyl (C=O) groups is 1. The van der Waals surface area contributed by atoms with Crippen LogP contribution in [0.2, 0.25) is 0 Å². The zero-order valence-electron chi connectivity index (χ0n) is 3.31. The first-order valence-electron chi connectivity index (χ1n) is 1.51. The van der Waals surface area contributed by atoms with Gasteiger partial charge in [-0.25, -0.2) is 0 Å². The van der Waals surface area contributed by atoms with Crippen LogP contribution in [0.1, 0.15) is 6.92 Å². The zero-order valence-corrected chi connectivity index (χ0v) is 5.47. The summed E-state index contributed by atoms with van der Waals surface area (Å²) in [4.78, 5) is 9.69. The normalized spacial score (nSPS) is 10.2. The van der Waals surface area contributed by atoms with Crippen LogP contribution in [0.5, 0.6) is 0 Å². The fraction of sp³-hybridized carbons (Fsp3) is 0.667. The van der Waals surface area contributed by atoms with Crippen LogP contribution in [0, 0.1) is 0 Å². The van der Waals surface area contributed by atoms with Gasteiger partial charge in [-0.1, -0.05) is 22.6 Å². The van der Waals surface area contributed by atoms with Gasteiger partial charge in [0, 0.05) is 0 Å². The molecule has 0 aliphatic carbocycles. The minimum atomic E-state index is -0.754. The second-order valence-electron chi connectivity index (χ2n) is 0.954. The third kappa shape index (κ3) is 12.2. The average molecular weight is 280 g/mol. The van der Waals surface area contributed by atoms with Gasteiger partial charge in [0.25, 0.3) is 0 Å². The third-order valence-electron chi connectivity index (χ3n) is 0.340. The number of aliphatic carboxylic acids is 1. The van der Waals surface area contributed by atoms with Crippen LogP contribution < -0.4 is 0 Å². The van der Waals surface area contributed by atoms with E-state index in [0.717, 1.165) is 0 Å². The van der Waals surface area contributed by atoms with Gasteiger partial charge in [0.15, 0.2) is 0 Å². The van der Waals surface area contributed by atoms with Crippen LogP contribution in [0.4, 0.5) is 0 Å². The Morgan fingerprint density at radius 2 is 1.75 bits per heavy atom. The molecule has 0 spiro atoms. The monoisotopic (exact) mass is 280 g/mol. The van der Waals surface area contributed by atoms with Gasteiger partial charge in [-0.2, -0.15) is 0 Å². The molecule has 0 aromatic carbocycles. The Morgan fingerprint density at radius 1 is 1.62 bits per heavy atom.